The summed E-state index contributed by atoms with van der Waals surface area (Å²) in [4.78, 5) is 24.4. The van der Waals surface area contributed by atoms with Crippen molar-refractivity contribution in [2.24, 2.45) is 0 Å². The highest BCUT2D eigenvalue weighted by molar-refractivity contribution is 6.05. The van der Waals surface area contributed by atoms with Crippen molar-refractivity contribution in [3.8, 4) is 11.1 Å². The number of pyridine rings is 3. The molecule has 7 rings (SSSR count). The molecule has 1 N–H and O–H groups in total. The van der Waals surface area contributed by atoms with E-state index in [9.17, 15) is 4.79 Å². The number of anilines is 1. The second-order valence-corrected chi connectivity index (χ2v) is 10.3. The summed E-state index contributed by atoms with van der Waals surface area (Å²) in [6, 6.07) is 10.5. The summed E-state index contributed by atoms with van der Waals surface area (Å²) < 4.78 is 3.85. The molecule has 39 heavy (non-hydrogen) atoms. The van der Waals surface area contributed by atoms with Crippen LogP contribution in [0, 0.1) is 0 Å². The Morgan fingerprint density at radius 3 is 2.74 bits per heavy atom. The Morgan fingerprint density at radius 2 is 1.90 bits per heavy atom. The number of rotatable bonds is 5. The monoisotopic (exact) mass is 516 g/mol. The number of hydrogen-bond acceptors (Lipinski definition) is 6. The molecule has 0 spiro atoms. The van der Waals surface area contributed by atoms with Crippen molar-refractivity contribution in [2.45, 2.75) is 25.3 Å². The van der Waals surface area contributed by atoms with Gasteiger partial charge in [-0.15, -0.1) is 0 Å². The van der Waals surface area contributed by atoms with Crippen molar-refractivity contribution in [3.63, 3.8) is 0 Å². The Balaban J connectivity index is 1.13. The Labute approximate surface area is 225 Å². The van der Waals surface area contributed by atoms with Gasteiger partial charge in [0.1, 0.15) is 0 Å². The minimum Gasteiger partial charge on any atom is -0.319 e. The van der Waals surface area contributed by atoms with E-state index in [1.807, 2.05) is 52.2 Å². The second-order valence-electron chi connectivity index (χ2n) is 10.3. The molecule has 194 valence electrons. The second kappa shape index (κ2) is 9.59. The third-order valence-corrected chi connectivity index (χ3v) is 7.75. The van der Waals surface area contributed by atoms with Crippen LogP contribution in [0.25, 0.3) is 22.2 Å². The molecule has 5 aromatic heterocycles. The van der Waals surface area contributed by atoms with Crippen molar-refractivity contribution in [1.29, 1.82) is 0 Å². The maximum absolute atomic E-state index is 13.2. The zero-order valence-corrected chi connectivity index (χ0v) is 21.7. The molecule has 5 aromatic rings. The molecule has 0 atom stereocenters. The molecule has 0 saturated carbocycles. The molecule has 0 unspecified atom stereocenters. The van der Waals surface area contributed by atoms with E-state index in [1.54, 1.807) is 18.6 Å². The molecule has 9 nitrogen and oxygen atoms in total. The molecule has 0 aromatic carbocycles. The maximum atomic E-state index is 13.2. The van der Waals surface area contributed by atoms with E-state index in [-0.39, 0.29) is 5.91 Å². The van der Waals surface area contributed by atoms with Crippen molar-refractivity contribution >= 4 is 22.7 Å². The van der Waals surface area contributed by atoms with E-state index < -0.39 is 0 Å². The number of aromatic nitrogens is 6. The number of allylic oxidation sites excluding steroid dienone is 1. The van der Waals surface area contributed by atoms with Crippen LogP contribution in [0.15, 0.2) is 79.8 Å². The number of hydrogen-bond donors (Lipinski definition) is 1. The van der Waals surface area contributed by atoms with E-state index >= 15 is 0 Å². The van der Waals surface area contributed by atoms with Gasteiger partial charge in [-0.25, -0.2) is 4.52 Å². The molecule has 0 bridgehead atoms. The van der Waals surface area contributed by atoms with Crippen molar-refractivity contribution < 1.29 is 4.79 Å². The van der Waals surface area contributed by atoms with E-state index in [0.29, 0.717) is 17.3 Å². The number of amides is 1. The molecule has 1 amide bonds. The fraction of sp³-hybridized carbons (Fsp3) is 0.233. The van der Waals surface area contributed by atoms with Gasteiger partial charge in [0, 0.05) is 54.1 Å². The molecular weight excluding hydrogens is 488 g/mol. The van der Waals surface area contributed by atoms with E-state index in [0.717, 1.165) is 71.4 Å². The van der Waals surface area contributed by atoms with Crippen LogP contribution < -0.4 is 5.32 Å². The molecule has 1 saturated heterocycles. The van der Waals surface area contributed by atoms with Crippen molar-refractivity contribution in [1.82, 2.24) is 34.3 Å². The van der Waals surface area contributed by atoms with Crippen LogP contribution in [0.4, 0.5) is 5.69 Å². The van der Waals surface area contributed by atoms with Crippen molar-refractivity contribution in [3.05, 3.63) is 102 Å². The predicted octanol–water partition coefficient (Wildman–Crippen LogP) is 4.49. The van der Waals surface area contributed by atoms with Crippen LogP contribution in [0.5, 0.6) is 0 Å². The van der Waals surface area contributed by atoms with Gasteiger partial charge in [0.15, 0.2) is 0 Å². The third kappa shape index (κ3) is 4.40. The molecule has 0 radical (unpaired) electrons. The van der Waals surface area contributed by atoms with Crippen LogP contribution in [0.2, 0.25) is 0 Å². The number of piperidine rings is 1. The Bertz CT molecular complexity index is 1710. The summed E-state index contributed by atoms with van der Waals surface area (Å²) in [6.07, 6.45) is 17.8. The SMILES string of the molecule is CN1CCC(n2cc(NC(=O)c3cnc4c(c3)C(c3ccn5ncc(-c6cccnc6)c5c3)=CC4)cn2)CC1. The van der Waals surface area contributed by atoms with Gasteiger partial charge in [0.05, 0.1) is 40.9 Å². The standard InChI is InChI=1S/C30H28N8O/c1-36-10-7-24(8-11-36)38-19-23(17-33-38)35-30(39)22-13-26-25(4-5-28(26)32-16-22)20-6-12-37-29(14-20)27(18-34-37)21-3-2-9-31-15-21/h2-4,6,9,12-19,24H,5,7-8,10-11H2,1H3,(H,35,39). The van der Waals surface area contributed by atoms with Crippen LogP contribution in [-0.4, -0.2) is 60.3 Å². The van der Waals surface area contributed by atoms with Gasteiger partial charge in [-0.1, -0.05) is 12.1 Å². The molecule has 9 heteroatoms. The first-order chi connectivity index (χ1) is 19.1. The highest BCUT2D eigenvalue weighted by atomic mass is 16.1. The normalized spacial score (nSPS) is 15.9. The lowest BCUT2D eigenvalue weighted by Gasteiger charge is -2.28. The minimum atomic E-state index is -0.190. The van der Waals surface area contributed by atoms with Gasteiger partial charge in [-0.2, -0.15) is 10.2 Å². The first-order valence-electron chi connectivity index (χ1n) is 13.2. The summed E-state index contributed by atoms with van der Waals surface area (Å²) in [5.74, 6) is -0.190. The Kier molecular flexibility index (Phi) is 5.78. The third-order valence-electron chi connectivity index (χ3n) is 7.75. The highest BCUT2D eigenvalue weighted by Gasteiger charge is 2.22. The molecule has 1 aliphatic carbocycles. The molecule has 1 aliphatic heterocycles. The molecule has 6 heterocycles. The lowest BCUT2D eigenvalue weighted by molar-refractivity contribution is 0.102. The van der Waals surface area contributed by atoms with Crippen LogP contribution >= 0.6 is 0 Å². The number of fused-ring (bicyclic) bond motifs is 2. The van der Waals surface area contributed by atoms with E-state index in [1.165, 1.54) is 0 Å². The first-order valence-corrected chi connectivity index (χ1v) is 13.2. The van der Waals surface area contributed by atoms with Gasteiger partial charge in [0.2, 0.25) is 0 Å². The molecule has 1 fully saturated rings. The predicted molar refractivity (Wildman–Crippen MR) is 149 cm³/mol. The lowest BCUT2D eigenvalue weighted by Crippen LogP contribution is -2.31. The summed E-state index contributed by atoms with van der Waals surface area (Å²) in [5, 5.41) is 12.0. The van der Waals surface area contributed by atoms with E-state index in [4.69, 9.17) is 0 Å². The first kappa shape index (κ1) is 23.5. The number of nitrogens with zero attached hydrogens (tertiary/aromatic N) is 7. The summed E-state index contributed by atoms with van der Waals surface area (Å²) in [6.45, 7) is 2.11. The van der Waals surface area contributed by atoms with Gasteiger partial charge in [0.25, 0.3) is 5.91 Å². The fourth-order valence-electron chi connectivity index (χ4n) is 5.55. The fourth-order valence-corrected chi connectivity index (χ4v) is 5.55. The number of nitrogens with one attached hydrogen (secondary N) is 1. The largest absolute Gasteiger partial charge is 0.319 e. The molecule has 2 aliphatic rings. The lowest BCUT2D eigenvalue weighted by atomic mass is 9.99. The zero-order valence-electron chi connectivity index (χ0n) is 21.7. The van der Waals surface area contributed by atoms with Gasteiger partial charge < -0.3 is 10.2 Å². The average Bonchev–Trinajstić information content (AvgIpc) is 3.71. The quantitative estimate of drug-likeness (QED) is 0.370. The minimum absolute atomic E-state index is 0.190. The smallest absolute Gasteiger partial charge is 0.257 e. The summed E-state index contributed by atoms with van der Waals surface area (Å²) in [5.41, 5.74) is 8.35. The van der Waals surface area contributed by atoms with Crippen LogP contribution in [-0.2, 0) is 6.42 Å². The number of carbonyl (C=O) groups is 1. The number of carbonyl (C=O) groups excluding carboxylic acids is 1. The Hall–Kier alpha value is -4.63. The van der Waals surface area contributed by atoms with Gasteiger partial charge >= 0.3 is 0 Å². The highest BCUT2D eigenvalue weighted by Crippen LogP contribution is 2.34. The maximum Gasteiger partial charge on any atom is 0.257 e. The van der Waals surface area contributed by atoms with Gasteiger partial charge in [-0.05, 0) is 68.4 Å². The average molecular weight is 517 g/mol. The van der Waals surface area contributed by atoms with Gasteiger partial charge in [-0.3, -0.25) is 19.4 Å². The topological polar surface area (TPSA) is 93.2 Å². The molecular formula is C30H28N8O. The summed E-state index contributed by atoms with van der Waals surface area (Å²) >= 11 is 0. The number of likely N-dealkylation sites (tertiary alicyclic amines) is 1. The summed E-state index contributed by atoms with van der Waals surface area (Å²) in [7, 11) is 2.14. The van der Waals surface area contributed by atoms with E-state index in [2.05, 4.69) is 55.6 Å². The van der Waals surface area contributed by atoms with Crippen LogP contribution in [0.3, 0.4) is 0 Å². The Morgan fingerprint density at radius 1 is 1.00 bits per heavy atom. The van der Waals surface area contributed by atoms with Crippen molar-refractivity contribution in [2.75, 3.05) is 25.5 Å². The van der Waals surface area contributed by atoms with Crippen LogP contribution in [0.1, 0.15) is 46.1 Å². The zero-order chi connectivity index (χ0) is 26.3.